The molecule has 1 aliphatic carbocycles. The van der Waals surface area contributed by atoms with Gasteiger partial charge in [-0.05, 0) is 30.0 Å². The Bertz CT molecular complexity index is 411. The minimum atomic E-state index is 0.308. The van der Waals surface area contributed by atoms with Crippen LogP contribution in [0.5, 0.6) is 11.5 Å². The minimum absolute atomic E-state index is 0.308. The maximum atomic E-state index is 11.2. The molecule has 0 N–H and O–H groups in total. The van der Waals surface area contributed by atoms with Crippen LogP contribution in [0.25, 0.3) is 0 Å². The summed E-state index contributed by atoms with van der Waals surface area (Å²) in [5.41, 5.74) is 1.20. The van der Waals surface area contributed by atoms with Crippen molar-refractivity contribution in [3.63, 3.8) is 0 Å². The maximum Gasteiger partial charge on any atom is 0.231 e. The molecule has 1 aliphatic heterocycles. The molecule has 0 radical (unpaired) electrons. The topological polar surface area (TPSA) is 35.5 Å². The van der Waals surface area contributed by atoms with E-state index in [0.717, 1.165) is 24.3 Å². The second-order valence-corrected chi connectivity index (χ2v) is 4.09. The highest BCUT2D eigenvalue weighted by Gasteiger charge is 2.25. The van der Waals surface area contributed by atoms with Gasteiger partial charge in [0, 0.05) is 12.8 Å². The lowest BCUT2D eigenvalue weighted by Crippen LogP contribution is -1.94. The van der Waals surface area contributed by atoms with Crippen molar-refractivity contribution in [2.24, 2.45) is 0 Å². The van der Waals surface area contributed by atoms with Crippen molar-refractivity contribution in [3.8, 4) is 11.5 Å². The highest BCUT2D eigenvalue weighted by molar-refractivity contribution is 5.81. The Labute approximate surface area is 88.0 Å². The number of hydrogen-bond acceptors (Lipinski definition) is 3. The summed E-state index contributed by atoms with van der Waals surface area (Å²) in [5, 5.41) is 0. The summed E-state index contributed by atoms with van der Waals surface area (Å²) in [7, 11) is 0. The Morgan fingerprint density at radius 2 is 2.07 bits per heavy atom. The lowest BCUT2D eigenvalue weighted by Gasteiger charge is -2.08. The Morgan fingerprint density at radius 3 is 2.87 bits per heavy atom. The number of ketones is 1. The van der Waals surface area contributed by atoms with Crippen molar-refractivity contribution < 1.29 is 14.3 Å². The van der Waals surface area contributed by atoms with E-state index in [1.165, 1.54) is 5.56 Å². The first kappa shape index (κ1) is 8.77. The predicted molar refractivity (Wildman–Crippen MR) is 54.2 cm³/mol. The van der Waals surface area contributed by atoms with Crippen molar-refractivity contribution in [1.29, 1.82) is 0 Å². The molecule has 2 aliphatic rings. The molecule has 0 saturated heterocycles. The number of Topliss-reactive ketones (excluding diaryl/α,β-unsaturated/α-hetero) is 1. The number of carbonyl (C=O) groups is 1. The fraction of sp³-hybridized carbons (Fsp3) is 0.417. The first-order valence-electron chi connectivity index (χ1n) is 5.24. The van der Waals surface area contributed by atoms with E-state index in [-0.39, 0.29) is 0 Å². The zero-order chi connectivity index (χ0) is 10.3. The molecule has 3 rings (SSSR count). The molecule has 1 heterocycles. The average Bonchev–Trinajstić information content (AvgIpc) is 2.84. The zero-order valence-corrected chi connectivity index (χ0v) is 8.36. The van der Waals surface area contributed by atoms with Gasteiger partial charge in [-0.1, -0.05) is 6.07 Å². The summed E-state index contributed by atoms with van der Waals surface area (Å²) in [6.07, 6.45) is 2.37. The standard InChI is InChI=1S/C12H12O3/c13-10-3-1-8(5-10)9-2-4-11-12(6-9)15-7-14-11/h2,4,6,8H,1,3,5,7H2/t8-/m0/s1. The van der Waals surface area contributed by atoms with Crippen LogP contribution in [0.1, 0.15) is 30.7 Å². The normalized spacial score (nSPS) is 23.5. The lowest BCUT2D eigenvalue weighted by molar-refractivity contribution is -0.117. The predicted octanol–water partition coefficient (Wildman–Crippen LogP) is 2.25. The van der Waals surface area contributed by atoms with Crippen molar-refractivity contribution in [3.05, 3.63) is 23.8 Å². The number of benzene rings is 1. The molecule has 0 aromatic heterocycles. The Kier molecular flexibility index (Phi) is 1.91. The van der Waals surface area contributed by atoms with Gasteiger partial charge < -0.3 is 9.47 Å². The van der Waals surface area contributed by atoms with Gasteiger partial charge in [0.25, 0.3) is 0 Å². The molecular weight excluding hydrogens is 192 g/mol. The van der Waals surface area contributed by atoms with Gasteiger partial charge in [0.05, 0.1) is 0 Å². The van der Waals surface area contributed by atoms with Crippen LogP contribution in [0, 0.1) is 0 Å². The molecule has 1 atom stereocenters. The number of hydrogen-bond donors (Lipinski definition) is 0. The van der Waals surface area contributed by atoms with Gasteiger partial charge in [-0.15, -0.1) is 0 Å². The first-order valence-corrected chi connectivity index (χ1v) is 5.24. The molecular formula is C12H12O3. The number of rotatable bonds is 1. The van der Waals surface area contributed by atoms with Crippen molar-refractivity contribution >= 4 is 5.78 Å². The molecule has 1 aromatic rings. The van der Waals surface area contributed by atoms with Crippen LogP contribution < -0.4 is 9.47 Å². The van der Waals surface area contributed by atoms with Gasteiger partial charge in [0.2, 0.25) is 6.79 Å². The summed E-state index contributed by atoms with van der Waals surface area (Å²) in [4.78, 5) is 11.2. The van der Waals surface area contributed by atoms with Gasteiger partial charge in [-0.2, -0.15) is 0 Å². The quantitative estimate of drug-likeness (QED) is 0.703. The monoisotopic (exact) mass is 204 g/mol. The second-order valence-electron chi connectivity index (χ2n) is 4.09. The van der Waals surface area contributed by atoms with E-state index in [9.17, 15) is 4.79 Å². The third-order valence-electron chi connectivity index (χ3n) is 3.11. The van der Waals surface area contributed by atoms with Crippen LogP contribution in [-0.2, 0) is 4.79 Å². The maximum absolute atomic E-state index is 11.2. The van der Waals surface area contributed by atoms with E-state index in [2.05, 4.69) is 0 Å². The van der Waals surface area contributed by atoms with E-state index in [1.54, 1.807) is 0 Å². The summed E-state index contributed by atoms with van der Waals surface area (Å²) < 4.78 is 10.6. The van der Waals surface area contributed by atoms with Crippen molar-refractivity contribution in [1.82, 2.24) is 0 Å². The Morgan fingerprint density at radius 1 is 1.20 bits per heavy atom. The smallest absolute Gasteiger partial charge is 0.231 e. The third-order valence-corrected chi connectivity index (χ3v) is 3.11. The van der Waals surface area contributed by atoms with Crippen LogP contribution in [0.2, 0.25) is 0 Å². The molecule has 0 amide bonds. The summed E-state index contributed by atoms with van der Waals surface area (Å²) >= 11 is 0. The number of carbonyl (C=O) groups excluding carboxylic acids is 1. The zero-order valence-electron chi connectivity index (χ0n) is 8.36. The highest BCUT2D eigenvalue weighted by atomic mass is 16.7. The second kappa shape index (κ2) is 3.26. The average molecular weight is 204 g/mol. The van der Waals surface area contributed by atoms with Crippen LogP contribution in [0.3, 0.4) is 0 Å². The molecule has 3 nitrogen and oxygen atoms in total. The summed E-state index contributed by atoms with van der Waals surface area (Å²) in [5.74, 6) is 2.37. The van der Waals surface area contributed by atoms with E-state index in [1.807, 2.05) is 18.2 Å². The van der Waals surface area contributed by atoms with E-state index in [0.29, 0.717) is 24.9 Å². The fourth-order valence-electron chi connectivity index (χ4n) is 2.27. The van der Waals surface area contributed by atoms with Gasteiger partial charge in [0.1, 0.15) is 5.78 Å². The minimum Gasteiger partial charge on any atom is -0.454 e. The highest BCUT2D eigenvalue weighted by Crippen LogP contribution is 2.38. The SMILES string of the molecule is O=C1CC[C@H](c2ccc3c(c2)OCO3)C1. The van der Waals surface area contributed by atoms with E-state index >= 15 is 0 Å². The van der Waals surface area contributed by atoms with Gasteiger partial charge in [0.15, 0.2) is 11.5 Å². The Hall–Kier alpha value is -1.51. The van der Waals surface area contributed by atoms with Crippen LogP contribution in [-0.4, -0.2) is 12.6 Å². The molecule has 1 aromatic carbocycles. The Balaban J connectivity index is 1.89. The van der Waals surface area contributed by atoms with Crippen molar-refractivity contribution in [2.45, 2.75) is 25.2 Å². The molecule has 0 unspecified atom stereocenters. The molecule has 78 valence electrons. The van der Waals surface area contributed by atoms with E-state index < -0.39 is 0 Å². The molecule has 0 bridgehead atoms. The van der Waals surface area contributed by atoms with Gasteiger partial charge in [-0.25, -0.2) is 0 Å². The number of fused-ring (bicyclic) bond motifs is 1. The fourth-order valence-corrected chi connectivity index (χ4v) is 2.27. The van der Waals surface area contributed by atoms with Crippen LogP contribution in [0.15, 0.2) is 18.2 Å². The molecule has 1 saturated carbocycles. The summed E-state index contributed by atoms with van der Waals surface area (Å²) in [6, 6.07) is 5.98. The van der Waals surface area contributed by atoms with Gasteiger partial charge >= 0.3 is 0 Å². The van der Waals surface area contributed by atoms with Crippen LogP contribution >= 0.6 is 0 Å². The first-order chi connectivity index (χ1) is 7.33. The lowest BCUT2D eigenvalue weighted by atomic mass is 9.97. The number of ether oxygens (including phenoxy) is 2. The molecule has 15 heavy (non-hydrogen) atoms. The largest absolute Gasteiger partial charge is 0.454 e. The van der Waals surface area contributed by atoms with Gasteiger partial charge in [-0.3, -0.25) is 4.79 Å². The molecule has 3 heteroatoms. The van der Waals surface area contributed by atoms with Crippen molar-refractivity contribution in [2.75, 3.05) is 6.79 Å². The molecule has 0 spiro atoms. The third kappa shape index (κ3) is 1.48. The van der Waals surface area contributed by atoms with E-state index in [4.69, 9.17) is 9.47 Å². The molecule has 1 fully saturated rings. The summed E-state index contributed by atoms with van der Waals surface area (Å²) in [6.45, 7) is 0.308. The van der Waals surface area contributed by atoms with Crippen LogP contribution in [0.4, 0.5) is 0 Å².